The Morgan fingerprint density at radius 1 is 0.810 bits per heavy atom. The molecule has 0 aromatic carbocycles. The molecule has 0 saturated carbocycles. The molecular formula is C14H8N4O3. The van der Waals surface area contributed by atoms with E-state index in [1.807, 2.05) is 6.07 Å². The van der Waals surface area contributed by atoms with E-state index in [1.165, 1.54) is 19.1 Å². The van der Waals surface area contributed by atoms with Crippen LogP contribution in [0.25, 0.3) is 34.2 Å². The highest BCUT2D eigenvalue weighted by Crippen LogP contribution is 2.37. The third-order valence-electron chi connectivity index (χ3n) is 2.96. The normalized spacial score (nSPS) is 10.9. The van der Waals surface area contributed by atoms with Gasteiger partial charge in [0.15, 0.2) is 24.3 Å². The Hall–Kier alpha value is -3.22. The van der Waals surface area contributed by atoms with Gasteiger partial charge in [0.25, 0.3) is 0 Å². The SMILES string of the molecule is c1coc(-c2nccc(-c3cnco3)c2-c2cnco2)n1. The Bertz CT molecular complexity index is 784. The van der Waals surface area contributed by atoms with Gasteiger partial charge in [-0.1, -0.05) is 0 Å². The van der Waals surface area contributed by atoms with Crippen molar-refractivity contribution in [2.75, 3.05) is 0 Å². The summed E-state index contributed by atoms with van der Waals surface area (Å²) in [6, 6.07) is 1.81. The predicted molar refractivity (Wildman–Crippen MR) is 70.7 cm³/mol. The molecule has 7 heteroatoms. The largest absolute Gasteiger partial charge is 0.443 e. The molecule has 21 heavy (non-hydrogen) atoms. The molecule has 0 aliphatic rings. The van der Waals surface area contributed by atoms with E-state index in [-0.39, 0.29) is 0 Å². The fourth-order valence-corrected chi connectivity index (χ4v) is 2.11. The van der Waals surface area contributed by atoms with Gasteiger partial charge in [0.1, 0.15) is 12.0 Å². The summed E-state index contributed by atoms with van der Waals surface area (Å²) in [7, 11) is 0. The van der Waals surface area contributed by atoms with Crippen LogP contribution in [0.1, 0.15) is 0 Å². The molecule has 0 aliphatic carbocycles. The number of rotatable bonds is 3. The third-order valence-corrected chi connectivity index (χ3v) is 2.96. The van der Waals surface area contributed by atoms with Crippen LogP contribution >= 0.6 is 0 Å². The molecule has 0 aliphatic heterocycles. The fraction of sp³-hybridized carbons (Fsp3) is 0. The molecule has 0 amide bonds. The predicted octanol–water partition coefficient (Wildman–Crippen LogP) is 3.05. The van der Waals surface area contributed by atoms with Crippen molar-refractivity contribution >= 4 is 0 Å². The zero-order valence-electron chi connectivity index (χ0n) is 10.6. The molecule has 0 saturated heterocycles. The molecule has 4 rings (SSSR count). The van der Waals surface area contributed by atoms with E-state index in [2.05, 4.69) is 19.9 Å². The summed E-state index contributed by atoms with van der Waals surface area (Å²) in [5, 5.41) is 0. The zero-order chi connectivity index (χ0) is 14.1. The number of hydrogen-bond acceptors (Lipinski definition) is 7. The molecule has 0 atom stereocenters. The highest BCUT2D eigenvalue weighted by Gasteiger charge is 2.21. The van der Waals surface area contributed by atoms with Gasteiger partial charge in [0.05, 0.1) is 24.2 Å². The molecule has 0 N–H and O–H groups in total. The Morgan fingerprint density at radius 3 is 2.29 bits per heavy atom. The lowest BCUT2D eigenvalue weighted by Gasteiger charge is -2.07. The minimum atomic E-state index is 0.391. The van der Waals surface area contributed by atoms with Crippen LogP contribution in [0.4, 0.5) is 0 Å². The van der Waals surface area contributed by atoms with Gasteiger partial charge in [0, 0.05) is 11.8 Å². The van der Waals surface area contributed by atoms with Crippen LogP contribution in [0.2, 0.25) is 0 Å². The number of hydrogen-bond donors (Lipinski definition) is 0. The van der Waals surface area contributed by atoms with E-state index in [0.29, 0.717) is 28.7 Å². The number of aromatic nitrogens is 4. The highest BCUT2D eigenvalue weighted by atomic mass is 16.3. The summed E-state index contributed by atoms with van der Waals surface area (Å²) in [4.78, 5) is 16.4. The lowest BCUT2D eigenvalue weighted by Crippen LogP contribution is -1.92. The van der Waals surface area contributed by atoms with E-state index in [9.17, 15) is 0 Å². The molecule has 0 bridgehead atoms. The van der Waals surface area contributed by atoms with Crippen molar-refractivity contribution < 1.29 is 13.3 Å². The number of pyridine rings is 1. The first-order valence-corrected chi connectivity index (χ1v) is 6.10. The van der Waals surface area contributed by atoms with Gasteiger partial charge in [-0.3, -0.25) is 4.98 Å². The average Bonchev–Trinajstić information content (AvgIpc) is 3.28. The van der Waals surface area contributed by atoms with Crippen molar-refractivity contribution in [2.45, 2.75) is 0 Å². The van der Waals surface area contributed by atoms with Crippen LogP contribution in [-0.4, -0.2) is 19.9 Å². The Labute approximate surface area is 118 Å². The van der Waals surface area contributed by atoms with Crippen LogP contribution in [0, 0.1) is 0 Å². The molecule has 102 valence electrons. The van der Waals surface area contributed by atoms with Gasteiger partial charge in [0.2, 0.25) is 5.89 Å². The van der Waals surface area contributed by atoms with E-state index >= 15 is 0 Å². The standard InChI is InChI=1S/C14H8N4O3/c1-2-17-13(14-18-3-4-19-14)12(11-6-16-8-21-11)9(1)10-5-15-7-20-10/h1-8H. The second kappa shape index (κ2) is 4.71. The average molecular weight is 280 g/mol. The third kappa shape index (κ3) is 1.91. The number of oxazole rings is 3. The second-order valence-corrected chi connectivity index (χ2v) is 4.15. The molecule has 7 nitrogen and oxygen atoms in total. The van der Waals surface area contributed by atoms with Gasteiger partial charge in [-0.15, -0.1) is 0 Å². The van der Waals surface area contributed by atoms with Crippen LogP contribution in [0.15, 0.2) is 63.2 Å². The summed E-state index contributed by atoms with van der Waals surface area (Å²) in [5.41, 5.74) is 2.01. The number of nitrogens with zero attached hydrogens (tertiary/aromatic N) is 4. The maximum Gasteiger partial charge on any atom is 0.245 e. The van der Waals surface area contributed by atoms with Gasteiger partial charge in [-0.25, -0.2) is 15.0 Å². The Balaban J connectivity index is 2.03. The quantitative estimate of drug-likeness (QED) is 0.569. The van der Waals surface area contributed by atoms with Crippen molar-refractivity contribution in [1.29, 1.82) is 0 Å². The molecule has 4 heterocycles. The van der Waals surface area contributed by atoms with E-state index in [0.717, 1.165) is 5.56 Å². The van der Waals surface area contributed by atoms with Crippen molar-refractivity contribution in [3.63, 3.8) is 0 Å². The van der Waals surface area contributed by atoms with Crippen LogP contribution in [-0.2, 0) is 0 Å². The maximum absolute atomic E-state index is 5.41. The van der Waals surface area contributed by atoms with Crippen LogP contribution in [0.5, 0.6) is 0 Å². The van der Waals surface area contributed by atoms with Crippen molar-refractivity contribution in [2.24, 2.45) is 0 Å². The van der Waals surface area contributed by atoms with Crippen LogP contribution < -0.4 is 0 Å². The minimum Gasteiger partial charge on any atom is -0.443 e. The summed E-state index contributed by atoms with van der Waals surface area (Å²) >= 11 is 0. The van der Waals surface area contributed by atoms with Gasteiger partial charge < -0.3 is 13.3 Å². The zero-order valence-corrected chi connectivity index (χ0v) is 10.6. The summed E-state index contributed by atoms with van der Waals surface area (Å²) in [6.45, 7) is 0. The molecule has 0 radical (unpaired) electrons. The monoisotopic (exact) mass is 280 g/mol. The van der Waals surface area contributed by atoms with E-state index < -0.39 is 0 Å². The summed E-state index contributed by atoms with van der Waals surface area (Å²) < 4.78 is 16.1. The fourth-order valence-electron chi connectivity index (χ4n) is 2.11. The lowest BCUT2D eigenvalue weighted by molar-refractivity contribution is 0.561. The maximum atomic E-state index is 5.41. The molecule has 4 aromatic heterocycles. The van der Waals surface area contributed by atoms with Crippen molar-refractivity contribution in [3.8, 4) is 34.2 Å². The van der Waals surface area contributed by atoms with Crippen LogP contribution in [0.3, 0.4) is 0 Å². The molecular weight excluding hydrogens is 272 g/mol. The van der Waals surface area contributed by atoms with Gasteiger partial charge >= 0.3 is 0 Å². The second-order valence-electron chi connectivity index (χ2n) is 4.15. The molecule has 0 spiro atoms. The minimum absolute atomic E-state index is 0.391. The van der Waals surface area contributed by atoms with Gasteiger partial charge in [-0.2, -0.15) is 0 Å². The van der Waals surface area contributed by atoms with Crippen molar-refractivity contribution in [3.05, 3.63) is 49.9 Å². The highest BCUT2D eigenvalue weighted by molar-refractivity contribution is 5.87. The first-order chi connectivity index (χ1) is 10.4. The van der Waals surface area contributed by atoms with E-state index in [1.54, 1.807) is 24.8 Å². The smallest absolute Gasteiger partial charge is 0.245 e. The molecule has 4 aromatic rings. The topological polar surface area (TPSA) is 91.0 Å². The summed E-state index contributed by atoms with van der Waals surface area (Å²) in [5.74, 6) is 1.53. The van der Waals surface area contributed by atoms with Gasteiger partial charge in [-0.05, 0) is 6.07 Å². The molecule has 0 unspecified atom stereocenters. The lowest BCUT2D eigenvalue weighted by atomic mass is 10.0. The van der Waals surface area contributed by atoms with Crippen molar-refractivity contribution in [1.82, 2.24) is 19.9 Å². The first kappa shape index (κ1) is 11.6. The Kier molecular flexibility index (Phi) is 2.60. The van der Waals surface area contributed by atoms with E-state index in [4.69, 9.17) is 13.3 Å². The summed E-state index contributed by atoms with van der Waals surface area (Å²) in [6.07, 6.45) is 10.6. The molecule has 0 fully saturated rings. The first-order valence-electron chi connectivity index (χ1n) is 6.10. The Morgan fingerprint density at radius 2 is 1.62 bits per heavy atom.